The van der Waals surface area contributed by atoms with Gasteiger partial charge in [-0.1, -0.05) is 57.0 Å². The van der Waals surface area contributed by atoms with E-state index in [1.54, 1.807) is 0 Å². The zero-order chi connectivity index (χ0) is 29.0. The van der Waals surface area contributed by atoms with Crippen molar-refractivity contribution < 1.29 is 14.3 Å². The zero-order valence-corrected chi connectivity index (χ0v) is 25.3. The topological polar surface area (TPSA) is 79.1 Å². The van der Waals surface area contributed by atoms with Gasteiger partial charge in [0, 0.05) is 44.3 Å². The zero-order valence-electron chi connectivity index (χ0n) is 25.3. The predicted octanol–water partition coefficient (Wildman–Crippen LogP) is 4.98. The van der Waals surface area contributed by atoms with Crippen molar-refractivity contribution in [3.05, 3.63) is 59.2 Å². The summed E-state index contributed by atoms with van der Waals surface area (Å²) >= 11 is 0. The van der Waals surface area contributed by atoms with E-state index in [2.05, 4.69) is 54.0 Å². The highest BCUT2D eigenvalue weighted by Gasteiger charge is 2.29. The van der Waals surface area contributed by atoms with Crippen LogP contribution >= 0.6 is 0 Å². The summed E-state index contributed by atoms with van der Waals surface area (Å²) in [4.78, 5) is 33.1. The lowest BCUT2D eigenvalue weighted by Gasteiger charge is -2.34. The number of nitrogens with two attached hydrogens (primary N) is 1. The third-order valence-corrected chi connectivity index (χ3v) is 8.55. The molecule has 0 spiro atoms. The Kier molecular flexibility index (Phi) is 12.1. The monoisotopic (exact) mass is 562 g/mol. The fourth-order valence-corrected chi connectivity index (χ4v) is 6.17. The molecule has 0 aromatic heterocycles. The molecule has 0 radical (unpaired) electrons. The van der Waals surface area contributed by atoms with E-state index in [0.717, 1.165) is 101 Å². The van der Waals surface area contributed by atoms with E-state index >= 15 is 0 Å². The standard InChI is InChI=1S/C34H50N4O3/c1-3-5-19-36(20-9-8-18-35)34(40)26-37(21-15-27-13-14-32-29(24-27)17-23-41-32)30(10-4-2)16-22-38-31-12-7-6-11-28(31)25-33(38)39/h6-7,11-14,24,30H,3-5,8-10,15-23,25-26,35H2,1-2H3/t30-/m1/s1. The van der Waals surface area contributed by atoms with Gasteiger partial charge in [0.1, 0.15) is 5.75 Å². The number of benzene rings is 2. The van der Waals surface area contributed by atoms with Crippen LogP contribution in [0.3, 0.4) is 0 Å². The molecule has 1 atom stereocenters. The SMILES string of the molecule is CCCCN(CCCCN)C(=O)CN(CCc1ccc2c(c1)CCO2)[C@H](CCC)CCN1C(=O)Cc2ccccc21. The third-order valence-electron chi connectivity index (χ3n) is 8.55. The van der Waals surface area contributed by atoms with Crippen molar-refractivity contribution in [2.24, 2.45) is 5.73 Å². The maximum Gasteiger partial charge on any atom is 0.236 e. The second-order valence-corrected chi connectivity index (χ2v) is 11.6. The van der Waals surface area contributed by atoms with Crippen molar-refractivity contribution in [3.63, 3.8) is 0 Å². The van der Waals surface area contributed by atoms with Gasteiger partial charge in [-0.25, -0.2) is 0 Å². The van der Waals surface area contributed by atoms with E-state index in [1.807, 2.05) is 17.0 Å². The van der Waals surface area contributed by atoms with Gasteiger partial charge < -0.3 is 20.3 Å². The van der Waals surface area contributed by atoms with Gasteiger partial charge in [-0.3, -0.25) is 14.5 Å². The summed E-state index contributed by atoms with van der Waals surface area (Å²) in [5.41, 5.74) is 10.5. The lowest BCUT2D eigenvalue weighted by atomic mass is 10.0. The molecule has 2 aromatic carbocycles. The fraction of sp³-hybridized carbons (Fsp3) is 0.588. The Morgan fingerprint density at radius 3 is 2.63 bits per heavy atom. The lowest BCUT2D eigenvalue weighted by molar-refractivity contribution is -0.133. The van der Waals surface area contributed by atoms with Crippen molar-refractivity contribution in [2.45, 2.75) is 84.1 Å². The molecule has 0 saturated heterocycles. The molecule has 224 valence electrons. The summed E-state index contributed by atoms with van der Waals surface area (Å²) in [7, 11) is 0. The molecule has 2 N–H and O–H groups in total. The molecule has 41 heavy (non-hydrogen) atoms. The van der Waals surface area contributed by atoms with Crippen molar-refractivity contribution >= 4 is 17.5 Å². The van der Waals surface area contributed by atoms with Gasteiger partial charge in [-0.2, -0.15) is 0 Å². The Hall–Kier alpha value is -2.90. The molecule has 2 aliphatic rings. The fourth-order valence-electron chi connectivity index (χ4n) is 6.17. The van der Waals surface area contributed by atoms with E-state index in [1.165, 1.54) is 11.1 Å². The van der Waals surface area contributed by atoms with E-state index in [0.29, 0.717) is 26.1 Å². The van der Waals surface area contributed by atoms with E-state index in [-0.39, 0.29) is 17.9 Å². The molecule has 2 aliphatic heterocycles. The largest absolute Gasteiger partial charge is 0.493 e. The smallest absolute Gasteiger partial charge is 0.236 e. The number of rotatable bonds is 18. The number of nitrogens with zero attached hydrogens (tertiary/aromatic N) is 3. The molecular weight excluding hydrogens is 512 g/mol. The number of fused-ring (bicyclic) bond motifs is 2. The second kappa shape index (κ2) is 15.9. The third kappa shape index (κ3) is 8.55. The van der Waals surface area contributed by atoms with Crippen LogP contribution in [0.5, 0.6) is 5.75 Å². The van der Waals surface area contributed by atoms with Gasteiger partial charge in [0.05, 0.1) is 19.6 Å². The lowest BCUT2D eigenvalue weighted by Crippen LogP contribution is -2.47. The van der Waals surface area contributed by atoms with Crippen LogP contribution in [-0.4, -0.2) is 73.5 Å². The highest BCUT2D eigenvalue weighted by atomic mass is 16.5. The van der Waals surface area contributed by atoms with Crippen LogP contribution in [0.4, 0.5) is 5.69 Å². The highest BCUT2D eigenvalue weighted by molar-refractivity contribution is 6.01. The molecule has 0 saturated carbocycles. The Balaban J connectivity index is 1.49. The van der Waals surface area contributed by atoms with Crippen molar-refractivity contribution in [2.75, 3.05) is 50.8 Å². The van der Waals surface area contributed by atoms with Gasteiger partial charge in [0.15, 0.2) is 0 Å². The van der Waals surface area contributed by atoms with Crippen LogP contribution in [0.1, 0.15) is 75.5 Å². The second-order valence-electron chi connectivity index (χ2n) is 11.6. The molecule has 0 bridgehead atoms. The van der Waals surface area contributed by atoms with E-state index in [4.69, 9.17) is 10.5 Å². The number of ether oxygens (including phenoxy) is 1. The van der Waals surface area contributed by atoms with Gasteiger partial charge in [-0.15, -0.1) is 0 Å². The van der Waals surface area contributed by atoms with E-state index in [9.17, 15) is 9.59 Å². The van der Waals surface area contributed by atoms with Crippen LogP contribution in [0.25, 0.3) is 0 Å². The summed E-state index contributed by atoms with van der Waals surface area (Å²) in [6.07, 6.45) is 9.16. The predicted molar refractivity (Wildman–Crippen MR) is 167 cm³/mol. The Morgan fingerprint density at radius 1 is 1.00 bits per heavy atom. The molecule has 0 fully saturated rings. The van der Waals surface area contributed by atoms with Crippen LogP contribution in [-0.2, 0) is 28.9 Å². The van der Waals surface area contributed by atoms with Gasteiger partial charge in [0.25, 0.3) is 0 Å². The molecule has 4 rings (SSSR count). The molecule has 2 heterocycles. The van der Waals surface area contributed by atoms with E-state index < -0.39 is 0 Å². The summed E-state index contributed by atoms with van der Waals surface area (Å²) in [5.74, 6) is 1.39. The first kappa shape index (κ1) is 31.0. The normalized spacial score (nSPS) is 14.7. The van der Waals surface area contributed by atoms with Crippen LogP contribution in [0.2, 0.25) is 0 Å². The summed E-state index contributed by atoms with van der Waals surface area (Å²) in [6, 6.07) is 14.9. The number of carbonyl (C=O) groups is 2. The molecular formula is C34H50N4O3. The molecule has 7 heteroatoms. The highest BCUT2D eigenvalue weighted by Crippen LogP contribution is 2.30. The number of para-hydroxylation sites is 1. The van der Waals surface area contributed by atoms with Crippen LogP contribution in [0, 0.1) is 0 Å². The van der Waals surface area contributed by atoms with Gasteiger partial charge >= 0.3 is 0 Å². The maximum atomic E-state index is 13.8. The minimum absolute atomic E-state index is 0.176. The minimum Gasteiger partial charge on any atom is -0.493 e. The molecule has 2 aromatic rings. The van der Waals surface area contributed by atoms with Crippen molar-refractivity contribution in [3.8, 4) is 5.75 Å². The Morgan fingerprint density at radius 2 is 1.83 bits per heavy atom. The Labute approximate surface area is 247 Å². The van der Waals surface area contributed by atoms with Crippen LogP contribution in [0.15, 0.2) is 42.5 Å². The maximum absolute atomic E-state index is 13.8. The first-order valence-corrected chi connectivity index (χ1v) is 15.9. The quantitative estimate of drug-likeness (QED) is 0.259. The summed E-state index contributed by atoms with van der Waals surface area (Å²) in [5, 5.41) is 0. The molecule has 0 unspecified atom stereocenters. The summed E-state index contributed by atoms with van der Waals surface area (Å²) in [6.45, 7) is 9.27. The van der Waals surface area contributed by atoms with Crippen molar-refractivity contribution in [1.29, 1.82) is 0 Å². The average Bonchev–Trinajstić information content (AvgIpc) is 3.58. The van der Waals surface area contributed by atoms with Gasteiger partial charge in [-0.05, 0) is 73.9 Å². The number of unbranched alkanes of at least 4 members (excludes halogenated alkanes) is 2. The summed E-state index contributed by atoms with van der Waals surface area (Å²) < 4.78 is 5.71. The Bertz CT molecular complexity index is 1140. The number of hydrogen-bond donors (Lipinski definition) is 1. The number of carbonyl (C=O) groups excluding carboxylic acids is 2. The molecule has 7 nitrogen and oxygen atoms in total. The van der Waals surface area contributed by atoms with Crippen molar-refractivity contribution in [1.82, 2.24) is 9.80 Å². The number of amides is 2. The molecule has 0 aliphatic carbocycles. The first-order valence-electron chi connectivity index (χ1n) is 15.9. The number of hydrogen-bond acceptors (Lipinski definition) is 5. The minimum atomic E-state index is 0.176. The van der Waals surface area contributed by atoms with Gasteiger partial charge in [0.2, 0.25) is 11.8 Å². The average molecular weight is 563 g/mol. The molecule has 2 amide bonds. The number of anilines is 1. The first-order chi connectivity index (χ1) is 20.0. The van der Waals surface area contributed by atoms with Crippen LogP contribution < -0.4 is 15.4 Å².